The molecule has 0 atom stereocenters. The van der Waals surface area contributed by atoms with Gasteiger partial charge in [0.2, 0.25) is 0 Å². The Kier molecular flexibility index (Phi) is 4.09. The molecule has 3 N–H and O–H groups in total. The number of aromatic amines is 1. The van der Waals surface area contributed by atoms with Crippen LogP contribution in [-0.2, 0) is 11.3 Å². The molecule has 0 radical (unpaired) electrons. The number of hydrogen-bond acceptors (Lipinski definition) is 6. The fraction of sp³-hybridized carbons (Fsp3) is 0.375. The molecule has 0 unspecified atom stereocenters. The number of piperazine rings is 1. The highest BCUT2D eigenvalue weighted by Crippen LogP contribution is 2.34. The van der Waals surface area contributed by atoms with Gasteiger partial charge >= 0.3 is 4.87 Å². The molecule has 0 spiro atoms. The Labute approximate surface area is 142 Å². The number of carbonyl (C=O) groups is 1. The molecule has 1 aromatic heterocycles. The van der Waals surface area contributed by atoms with Crippen LogP contribution in [0.2, 0.25) is 0 Å². The first-order chi connectivity index (χ1) is 11.7. The smallest absolute Gasteiger partial charge is 0.305 e. The molecule has 0 aliphatic carbocycles. The lowest BCUT2D eigenvalue weighted by Crippen LogP contribution is -2.42. The van der Waals surface area contributed by atoms with E-state index >= 15 is 0 Å². The molecule has 1 amide bonds. The van der Waals surface area contributed by atoms with Gasteiger partial charge in [-0.2, -0.15) is 0 Å². The molecule has 24 heavy (non-hydrogen) atoms. The normalized spacial score (nSPS) is 17.9. The molecule has 1 saturated heterocycles. The van der Waals surface area contributed by atoms with Crippen LogP contribution in [0.4, 0.5) is 5.69 Å². The molecule has 0 bridgehead atoms. The SMILES string of the molecule is O=C1COc2ccc(-c3[nH]c(=O)sc3CN3CCNCC3)cc2N1. The van der Waals surface area contributed by atoms with Gasteiger partial charge < -0.3 is 20.4 Å². The van der Waals surface area contributed by atoms with Crippen molar-refractivity contribution in [2.75, 3.05) is 38.1 Å². The van der Waals surface area contributed by atoms with Gasteiger partial charge in [0.25, 0.3) is 5.91 Å². The quantitative estimate of drug-likeness (QED) is 0.767. The molecule has 126 valence electrons. The minimum absolute atomic E-state index is 0.0376. The Morgan fingerprint density at radius 2 is 2.04 bits per heavy atom. The van der Waals surface area contributed by atoms with Gasteiger partial charge in [-0.1, -0.05) is 11.3 Å². The van der Waals surface area contributed by atoms with Crippen molar-refractivity contribution in [2.24, 2.45) is 0 Å². The van der Waals surface area contributed by atoms with Gasteiger partial charge in [0, 0.05) is 43.2 Å². The highest BCUT2D eigenvalue weighted by Gasteiger charge is 2.20. The highest BCUT2D eigenvalue weighted by molar-refractivity contribution is 7.09. The number of nitrogens with zero attached hydrogens (tertiary/aromatic N) is 1. The summed E-state index contributed by atoms with van der Waals surface area (Å²) in [6.45, 7) is 4.67. The number of thiazole rings is 1. The molecule has 4 rings (SSSR count). The topological polar surface area (TPSA) is 86.5 Å². The number of aromatic nitrogens is 1. The number of ether oxygens (including phenoxy) is 1. The third kappa shape index (κ3) is 3.08. The Hall–Kier alpha value is -2.16. The van der Waals surface area contributed by atoms with Crippen LogP contribution in [0.15, 0.2) is 23.0 Å². The largest absolute Gasteiger partial charge is 0.482 e. The van der Waals surface area contributed by atoms with Crippen molar-refractivity contribution in [2.45, 2.75) is 6.54 Å². The van der Waals surface area contributed by atoms with Crippen molar-refractivity contribution in [3.63, 3.8) is 0 Å². The zero-order valence-corrected chi connectivity index (χ0v) is 13.9. The maximum Gasteiger partial charge on any atom is 0.305 e. The van der Waals surface area contributed by atoms with Crippen LogP contribution in [0, 0.1) is 0 Å². The highest BCUT2D eigenvalue weighted by atomic mass is 32.1. The number of hydrogen-bond donors (Lipinski definition) is 3. The minimum Gasteiger partial charge on any atom is -0.482 e. The lowest BCUT2D eigenvalue weighted by molar-refractivity contribution is -0.118. The number of rotatable bonds is 3. The van der Waals surface area contributed by atoms with E-state index in [9.17, 15) is 9.59 Å². The molecule has 0 saturated carbocycles. The van der Waals surface area contributed by atoms with Crippen molar-refractivity contribution in [3.8, 4) is 17.0 Å². The molecular weight excluding hydrogens is 328 g/mol. The zero-order chi connectivity index (χ0) is 16.5. The number of amides is 1. The van der Waals surface area contributed by atoms with Crippen molar-refractivity contribution >= 4 is 22.9 Å². The molecule has 1 aromatic carbocycles. The summed E-state index contributed by atoms with van der Waals surface area (Å²) in [5, 5.41) is 6.13. The second kappa shape index (κ2) is 6.39. The fourth-order valence-corrected chi connectivity index (χ4v) is 3.91. The number of anilines is 1. The van der Waals surface area contributed by atoms with Gasteiger partial charge in [0.15, 0.2) is 6.61 Å². The zero-order valence-electron chi connectivity index (χ0n) is 13.1. The van der Waals surface area contributed by atoms with Crippen molar-refractivity contribution in [1.29, 1.82) is 0 Å². The van der Waals surface area contributed by atoms with Crippen LogP contribution in [0.25, 0.3) is 11.3 Å². The van der Waals surface area contributed by atoms with Crippen LogP contribution in [0.3, 0.4) is 0 Å². The Balaban J connectivity index is 1.65. The summed E-state index contributed by atoms with van der Waals surface area (Å²) in [6, 6.07) is 5.59. The first-order valence-electron chi connectivity index (χ1n) is 7.91. The second-order valence-electron chi connectivity index (χ2n) is 5.89. The maximum absolute atomic E-state index is 11.9. The Morgan fingerprint density at radius 1 is 1.21 bits per heavy atom. The minimum atomic E-state index is -0.167. The van der Waals surface area contributed by atoms with Crippen LogP contribution in [0.1, 0.15) is 4.88 Å². The van der Waals surface area contributed by atoms with Gasteiger partial charge in [0.05, 0.1) is 11.4 Å². The van der Waals surface area contributed by atoms with Crippen LogP contribution in [-0.4, -0.2) is 48.6 Å². The van der Waals surface area contributed by atoms with Crippen LogP contribution in [0.5, 0.6) is 5.75 Å². The van der Waals surface area contributed by atoms with E-state index < -0.39 is 0 Å². The average molecular weight is 346 g/mol. The number of fused-ring (bicyclic) bond motifs is 1. The molecule has 7 nitrogen and oxygen atoms in total. The lowest BCUT2D eigenvalue weighted by atomic mass is 10.1. The monoisotopic (exact) mass is 346 g/mol. The number of carbonyl (C=O) groups excluding carboxylic acids is 1. The van der Waals surface area contributed by atoms with Crippen LogP contribution >= 0.6 is 11.3 Å². The summed E-state index contributed by atoms with van der Waals surface area (Å²) in [7, 11) is 0. The van der Waals surface area contributed by atoms with E-state index in [2.05, 4.69) is 20.5 Å². The number of H-pyrrole nitrogens is 1. The standard InChI is InChI=1S/C16H18N4O3S/c21-14-9-23-12-2-1-10(7-11(12)18-14)15-13(24-16(22)19-15)8-20-5-3-17-4-6-20/h1-2,7,17H,3-6,8-9H2,(H,18,21)(H,19,22). The molecule has 3 heterocycles. The van der Waals surface area contributed by atoms with Crippen molar-refractivity contribution in [1.82, 2.24) is 15.2 Å². The van der Waals surface area contributed by atoms with E-state index in [1.807, 2.05) is 18.2 Å². The van der Waals surface area contributed by atoms with Crippen molar-refractivity contribution < 1.29 is 9.53 Å². The van der Waals surface area contributed by atoms with Gasteiger partial charge in [0.1, 0.15) is 5.75 Å². The number of nitrogens with one attached hydrogen (secondary N) is 3. The second-order valence-corrected chi connectivity index (χ2v) is 6.95. The van der Waals surface area contributed by atoms with E-state index in [0.29, 0.717) is 11.4 Å². The summed E-state index contributed by atoms with van der Waals surface area (Å²) < 4.78 is 5.39. The van der Waals surface area contributed by atoms with Gasteiger partial charge in [-0.25, -0.2) is 0 Å². The summed E-state index contributed by atoms with van der Waals surface area (Å²) in [5.74, 6) is 0.485. The maximum atomic E-state index is 11.9. The third-order valence-corrected chi connectivity index (χ3v) is 5.07. The van der Waals surface area contributed by atoms with E-state index in [1.54, 1.807) is 0 Å². The summed E-state index contributed by atoms with van der Waals surface area (Å²) in [4.78, 5) is 29.6. The lowest BCUT2D eigenvalue weighted by Gasteiger charge is -2.26. The first kappa shape index (κ1) is 15.4. The van der Waals surface area contributed by atoms with E-state index in [-0.39, 0.29) is 17.4 Å². The molecule has 2 aromatic rings. The number of benzene rings is 1. The molecule has 1 fully saturated rings. The Morgan fingerprint density at radius 3 is 2.88 bits per heavy atom. The summed E-state index contributed by atoms with van der Waals surface area (Å²) in [5.41, 5.74) is 2.35. The van der Waals surface area contributed by atoms with Crippen molar-refractivity contribution in [3.05, 3.63) is 32.7 Å². The van der Waals surface area contributed by atoms with Gasteiger partial charge in [-0.3, -0.25) is 14.5 Å². The summed E-state index contributed by atoms with van der Waals surface area (Å²) >= 11 is 1.25. The molecule has 2 aliphatic rings. The third-order valence-electron chi connectivity index (χ3n) is 4.20. The average Bonchev–Trinajstić information content (AvgIpc) is 2.95. The fourth-order valence-electron chi connectivity index (χ4n) is 3.02. The molecule has 8 heteroatoms. The molecular formula is C16H18N4O3S. The summed E-state index contributed by atoms with van der Waals surface area (Å²) in [6.07, 6.45) is 0. The van der Waals surface area contributed by atoms with E-state index in [4.69, 9.17) is 4.74 Å². The predicted octanol–water partition coefficient (Wildman–Crippen LogP) is 0.839. The van der Waals surface area contributed by atoms with Gasteiger partial charge in [-0.05, 0) is 18.2 Å². The van der Waals surface area contributed by atoms with E-state index in [0.717, 1.165) is 48.9 Å². The molecule has 2 aliphatic heterocycles. The first-order valence-corrected chi connectivity index (χ1v) is 8.73. The van der Waals surface area contributed by atoms with E-state index in [1.165, 1.54) is 11.3 Å². The van der Waals surface area contributed by atoms with Crippen LogP contribution < -0.4 is 20.2 Å². The van der Waals surface area contributed by atoms with Gasteiger partial charge in [-0.15, -0.1) is 0 Å². The predicted molar refractivity (Wildman–Crippen MR) is 92.6 cm³/mol. The Bertz CT molecular complexity index is 823.